The Balaban J connectivity index is 2.82. The standard InChI is InChI=1S/C4H8BIP/c1-4(2)3-5-7-6/h7H,1,3H2,2H3. The zero-order valence-corrected chi connectivity index (χ0v) is 7.53. The first-order chi connectivity index (χ1) is 3.27. The first kappa shape index (κ1) is 7.96. The van der Waals surface area contributed by atoms with E-state index in [1.54, 1.807) is 0 Å². The Morgan fingerprint density at radius 3 is 2.71 bits per heavy atom. The summed E-state index contributed by atoms with van der Waals surface area (Å²) in [6, 6.07) is 0. The lowest BCUT2D eigenvalue weighted by molar-refractivity contribution is 1.41. The molecule has 0 N–H and O–H groups in total. The molecule has 0 rings (SSSR count). The molecule has 39 valence electrons. The molecule has 1 radical (unpaired) electrons. The Kier molecular flexibility index (Phi) is 5.81. The van der Waals surface area contributed by atoms with Gasteiger partial charge in [0.25, 0.3) is 0 Å². The highest BCUT2D eigenvalue weighted by atomic mass is 127. The Morgan fingerprint density at radius 1 is 2.00 bits per heavy atom. The van der Waals surface area contributed by atoms with Crippen LogP contribution in [0.5, 0.6) is 0 Å². The van der Waals surface area contributed by atoms with E-state index in [4.69, 9.17) is 0 Å². The van der Waals surface area contributed by atoms with Crippen LogP contribution >= 0.6 is 28.1 Å². The van der Waals surface area contributed by atoms with Crippen molar-refractivity contribution >= 4 is 35.1 Å². The molecule has 0 saturated carbocycles. The van der Waals surface area contributed by atoms with Gasteiger partial charge in [-0.15, -0.1) is 6.58 Å². The first-order valence-electron chi connectivity index (χ1n) is 2.09. The van der Waals surface area contributed by atoms with Gasteiger partial charge in [0.2, 0.25) is 0 Å². The third kappa shape index (κ3) is 6.96. The molecular weight excluding hydrogens is 217 g/mol. The second-order valence-corrected chi connectivity index (χ2v) is 3.97. The third-order valence-electron chi connectivity index (χ3n) is 0.528. The minimum absolute atomic E-state index is 0.935. The number of halogens is 1. The smallest absolute Gasteiger partial charge is 0.101 e. The fourth-order valence-electron chi connectivity index (χ4n) is 0.213. The summed E-state index contributed by atoms with van der Waals surface area (Å²) in [5, 5.41) is 0. The minimum Gasteiger partial charge on any atom is -0.101 e. The van der Waals surface area contributed by atoms with Gasteiger partial charge in [-0.3, -0.25) is 0 Å². The predicted octanol–water partition coefficient (Wildman–Crippen LogP) is 2.63. The van der Waals surface area contributed by atoms with Crippen molar-refractivity contribution in [3.8, 4) is 0 Å². The van der Waals surface area contributed by atoms with Crippen LogP contribution < -0.4 is 0 Å². The van der Waals surface area contributed by atoms with Crippen LogP contribution in [0.25, 0.3) is 0 Å². The van der Waals surface area contributed by atoms with Gasteiger partial charge < -0.3 is 0 Å². The van der Waals surface area contributed by atoms with Crippen LogP contribution in [0.1, 0.15) is 6.92 Å². The highest BCUT2D eigenvalue weighted by molar-refractivity contribution is 14.2. The van der Waals surface area contributed by atoms with Crippen molar-refractivity contribution in [1.82, 2.24) is 0 Å². The molecule has 0 heterocycles. The van der Waals surface area contributed by atoms with Gasteiger partial charge in [0.1, 0.15) is 0 Å². The summed E-state index contributed by atoms with van der Waals surface area (Å²) in [5.41, 5.74) is 1.25. The quantitative estimate of drug-likeness (QED) is 0.299. The van der Waals surface area contributed by atoms with Crippen LogP contribution in [0.4, 0.5) is 0 Å². The van der Waals surface area contributed by atoms with E-state index >= 15 is 0 Å². The maximum atomic E-state index is 3.76. The second kappa shape index (κ2) is 5.11. The summed E-state index contributed by atoms with van der Waals surface area (Å²) >= 11 is 2.35. The molecular formula is C4H8BIP. The second-order valence-electron chi connectivity index (χ2n) is 1.47. The van der Waals surface area contributed by atoms with Gasteiger partial charge in [0.15, 0.2) is 7.00 Å². The van der Waals surface area contributed by atoms with Crippen LogP contribution in [0.2, 0.25) is 6.32 Å². The molecule has 0 saturated heterocycles. The molecule has 7 heavy (non-hydrogen) atoms. The van der Waals surface area contributed by atoms with Crippen LogP contribution in [-0.4, -0.2) is 7.00 Å². The Hall–Kier alpha value is 0.965. The van der Waals surface area contributed by atoms with E-state index in [-0.39, 0.29) is 0 Å². The average Bonchev–Trinajstić information content (AvgIpc) is 1.61. The molecule has 1 atom stereocenters. The van der Waals surface area contributed by atoms with Gasteiger partial charge in [0.05, 0.1) is 0 Å². The zero-order chi connectivity index (χ0) is 5.70. The van der Waals surface area contributed by atoms with Crippen LogP contribution in [0.15, 0.2) is 12.2 Å². The maximum absolute atomic E-state index is 3.76. The van der Waals surface area contributed by atoms with E-state index in [0.29, 0.717) is 0 Å². The predicted molar refractivity (Wildman–Crippen MR) is 47.7 cm³/mol. The number of hydrogen-bond donors (Lipinski definition) is 0. The van der Waals surface area contributed by atoms with Crippen molar-refractivity contribution in [1.29, 1.82) is 0 Å². The number of rotatable bonds is 3. The highest BCUT2D eigenvalue weighted by Gasteiger charge is 1.85. The molecule has 0 nitrogen and oxygen atoms in total. The first-order valence-corrected chi connectivity index (χ1v) is 6.28. The maximum Gasteiger partial charge on any atom is 0.160 e. The lowest BCUT2D eigenvalue weighted by Crippen LogP contribution is -1.75. The monoisotopic (exact) mass is 225 g/mol. The molecule has 0 aromatic heterocycles. The van der Waals surface area contributed by atoms with Crippen LogP contribution in [0.3, 0.4) is 0 Å². The van der Waals surface area contributed by atoms with Gasteiger partial charge in [0, 0.05) is 0 Å². The number of allylic oxidation sites excluding steroid dienone is 1. The van der Waals surface area contributed by atoms with E-state index in [1.807, 2.05) is 6.92 Å². The van der Waals surface area contributed by atoms with Crippen molar-refractivity contribution in [3.63, 3.8) is 0 Å². The molecule has 0 aromatic carbocycles. The molecule has 3 heteroatoms. The van der Waals surface area contributed by atoms with E-state index in [1.165, 1.54) is 5.57 Å². The van der Waals surface area contributed by atoms with Gasteiger partial charge in [-0.1, -0.05) is 40.0 Å². The van der Waals surface area contributed by atoms with E-state index in [2.05, 4.69) is 35.6 Å². The Morgan fingerprint density at radius 2 is 2.57 bits per heavy atom. The normalized spacial score (nSPS) is 10.0. The average molecular weight is 225 g/mol. The lowest BCUT2D eigenvalue weighted by atomic mass is 9.98. The molecule has 0 aliphatic carbocycles. The highest BCUT2D eigenvalue weighted by Crippen LogP contribution is 2.20. The summed E-state index contributed by atoms with van der Waals surface area (Å²) in [7, 11) is 0. The van der Waals surface area contributed by atoms with Crippen molar-refractivity contribution in [2.45, 2.75) is 13.2 Å². The van der Waals surface area contributed by atoms with Crippen LogP contribution in [0, 0.1) is 0 Å². The van der Waals surface area contributed by atoms with Gasteiger partial charge >= 0.3 is 0 Å². The summed E-state index contributed by atoms with van der Waals surface area (Å²) in [6.45, 7) is 8.05. The largest absolute Gasteiger partial charge is 0.160 e. The van der Waals surface area contributed by atoms with Gasteiger partial charge in [-0.05, 0) is 6.92 Å². The summed E-state index contributed by atoms with van der Waals surface area (Å²) in [4.78, 5) is 0. The number of hydrogen-bond acceptors (Lipinski definition) is 0. The molecule has 0 aromatic rings. The molecule has 0 amide bonds. The SMILES string of the molecule is C=C(C)C[B]PI. The molecule has 0 aliphatic rings. The summed E-state index contributed by atoms with van der Waals surface area (Å²) < 4.78 is 0. The van der Waals surface area contributed by atoms with Gasteiger partial charge in [-0.25, -0.2) is 0 Å². The van der Waals surface area contributed by atoms with Crippen molar-refractivity contribution in [2.75, 3.05) is 0 Å². The lowest BCUT2D eigenvalue weighted by Gasteiger charge is -1.89. The molecule has 1 unspecified atom stereocenters. The third-order valence-corrected chi connectivity index (χ3v) is 2.21. The van der Waals surface area contributed by atoms with E-state index in [9.17, 15) is 0 Å². The molecule has 0 spiro atoms. The topological polar surface area (TPSA) is 0 Å². The summed E-state index contributed by atoms with van der Waals surface area (Å²) in [5.74, 6) is 0. The fraction of sp³-hybridized carbons (Fsp3) is 0.500. The Labute approximate surface area is 60.6 Å². The zero-order valence-electron chi connectivity index (χ0n) is 4.37. The molecule has 0 fully saturated rings. The van der Waals surface area contributed by atoms with Crippen LogP contribution in [-0.2, 0) is 0 Å². The van der Waals surface area contributed by atoms with E-state index in [0.717, 1.165) is 12.4 Å². The van der Waals surface area contributed by atoms with Crippen molar-refractivity contribution in [2.24, 2.45) is 0 Å². The fourth-order valence-corrected chi connectivity index (χ4v) is 1.30. The minimum atomic E-state index is 0.935. The summed E-state index contributed by atoms with van der Waals surface area (Å²) in [6.07, 6.45) is 2.02. The van der Waals surface area contributed by atoms with E-state index < -0.39 is 0 Å². The van der Waals surface area contributed by atoms with Gasteiger partial charge in [-0.2, -0.15) is 0 Å². The molecule has 0 bridgehead atoms. The van der Waals surface area contributed by atoms with Crippen molar-refractivity contribution in [3.05, 3.63) is 12.2 Å². The van der Waals surface area contributed by atoms with Crippen molar-refractivity contribution < 1.29 is 0 Å². The Bertz CT molecular complexity index is 64.7. The molecule has 0 aliphatic heterocycles.